The Hall–Kier alpha value is -3.80. The molecule has 0 amide bonds. The number of rotatable bonds is 11. The first-order chi connectivity index (χ1) is 20.7. The standard InChI is InChI=1S/C27H27ClF3N3O10/c1-26(11-34-13-32-12-33-34,44-25-24(40)23(39)22(38)19(43-25)10-41-21(37)9-20(35)36)17-7-6-16(8-18(17)27(29,30)31)42-15-4-2-14(28)3-5-15/h2-8,12-13,19,22-25,38-40H,9-11H2,1H3,(H,35,36)/t19-,22-,23+,24-,25-,26?/m1/s1. The van der Waals surface area contributed by atoms with E-state index in [0.29, 0.717) is 5.02 Å². The molecule has 6 atom stereocenters. The summed E-state index contributed by atoms with van der Waals surface area (Å²) in [6, 6.07) is 9.08. The van der Waals surface area contributed by atoms with E-state index in [2.05, 4.69) is 10.1 Å². The molecule has 2 aromatic carbocycles. The normalized spacial score (nSPS) is 23.5. The van der Waals surface area contributed by atoms with Crippen LogP contribution in [0.15, 0.2) is 55.1 Å². The second-order valence-corrected chi connectivity index (χ2v) is 10.4. The minimum atomic E-state index is -4.94. The van der Waals surface area contributed by atoms with Crippen LogP contribution in [0.4, 0.5) is 13.2 Å². The number of hydrogen-bond donors (Lipinski definition) is 4. The van der Waals surface area contributed by atoms with Crippen molar-refractivity contribution in [1.29, 1.82) is 0 Å². The summed E-state index contributed by atoms with van der Waals surface area (Å²) >= 11 is 5.86. The van der Waals surface area contributed by atoms with E-state index in [-0.39, 0.29) is 11.5 Å². The number of carbonyl (C=O) groups excluding carboxylic acids is 1. The van der Waals surface area contributed by atoms with Crippen LogP contribution >= 0.6 is 11.6 Å². The predicted molar refractivity (Wildman–Crippen MR) is 141 cm³/mol. The Morgan fingerprint density at radius 1 is 1.02 bits per heavy atom. The van der Waals surface area contributed by atoms with Crippen LogP contribution in [0.25, 0.3) is 0 Å². The van der Waals surface area contributed by atoms with E-state index in [0.717, 1.165) is 18.5 Å². The highest BCUT2D eigenvalue weighted by atomic mass is 35.5. The number of aliphatic hydroxyl groups is 3. The summed E-state index contributed by atoms with van der Waals surface area (Å²) in [4.78, 5) is 26.2. The third kappa shape index (κ3) is 8.02. The molecule has 44 heavy (non-hydrogen) atoms. The van der Waals surface area contributed by atoms with Crippen LogP contribution in [-0.4, -0.2) is 84.4 Å². The van der Waals surface area contributed by atoms with E-state index >= 15 is 0 Å². The maximum atomic E-state index is 14.5. The second kappa shape index (κ2) is 13.5. The van der Waals surface area contributed by atoms with Crippen LogP contribution in [0.3, 0.4) is 0 Å². The van der Waals surface area contributed by atoms with Crippen LogP contribution < -0.4 is 4.74 Å². The van der Waals surface area contributed by atoms with E-state index in [4.69, 9.17) is 35.7 Å². The molecule has 0 saturated carbocycles. The summed E-state index contributed by atoms with van der Waals surface area (Å²) in [5.41, 5.74) is -3.61. The molecule has 1 fully saturated rings. The summed E-state index contributed by atoms with van der Waals surface area (Å²) in [5, 5.41) is 44.6. The molecule has 17 heteroatoms. The van der Waals surface area contributed by atoms with Crippen molar-refractivity contribution in [3.8, 4) is 11.5 Å². The molecule has 0 aliphatic carbocycles. The third-order valence-electron chi connectivity index (χ3n) is 6.59. The topological polar surface area (TPSA) is 183 Å². The lowest BCUT2D eigenvalue weighted by Gasteiger charge is -2.44. The molecule has 1 aliphatic rings. The molecule has 4 N–H and O–H groups in total. The van der Waals surface area contributed by atoms with Crippen molar-refractivity contribution in [2.24, 2.45) is 0 Å². The van der Waals surface area contributed by atoms with Crippen molar-refractivity contribution in [3.05, 3.63) is 71.3 Å². The van der Waals surface area contributed by atoms with Gasteiger partial charge in [0.1, 0.15) is 67.2 Å². The van der Waals surface area contributed by atoms with Gasteiger partial charge in [0.15, 0.2) is 6.29 Å². The summed E-state index contributed by atoms with van der Waals surface area (Å²) in [7, 11) is 0. The van der Waals surface area contributed by atoms with Crippen LogP contribution in [0.1, 0.15) is 24.5 Å². The van der Waals surface area contributed by atoms with Gasteiger partial charge in [-0.2, -0.15) is 18.3 Å². The largest absolute Gasteiger partial charge is 0.481 e. The van der Waals surface area contributed by atoms with Crippen LogP contribution in [0.2, 0.25) is 5.02 Å². The number of carboxylic acid groups (broad SMARTS) is 1. The van der Waals surface area contributed by atoms with Gasteiger partial charge in [0.25, 0.3) is 0 Å². The van der Waals surface area contributed by atoms with Gasteiger partial charge in [0.2, 0.25) is 0 Å². The lowest BCUT2D eigenvalue weighted by Crippen LogP contribution is -2.60. The number of aromatic nitrogens is 3. The third-order valence-corrected chi connectivity index (χ3v) is 6.85. The average Bonchev–Trinajstić information content (AvgIpc) is 3.45. The Labute approximate surface area is 252 Å². The Balaban J connectivity index is 1.68. The SMILES string of the molecule is CC(Cn1cncn1)(O[C@H]1O[C@H](COC(=O)CC(=O)O)[C@@H](O)[C@H](O)[C@H]1O)c1ccc(Oc2ccc(Cl)cc2)cc1C(F)(F)F. The zero-order chi connectivity index (χ0) is 32.2. The van der Waals surface area contributed by atoms with E-state index in [1.54, 1.807) is 0 Å². The predicted octanol–water partition coefficient (Wildman–Crippen LogP) is 2.50. The van der Waals surface area contributed by atoms with Gasteiger partial charge in [-0.15, -0.1) is 0 Å². The molecule has 13 nitrogen and oxygen atoms in total. The van der Waals surface area contributed by atoms with Gasteiger partial charge in [0, 0.05) is 5.02 Å². The number of alkyl halides is 3. The zero-order valence-corrected chi connectivity index (χ0v) is 23.6. The number of carbonyl (C=O) groups is 2. The molecule has 0 radical (unpaired) electrons. The molecule has 3 aromatic rings. The molecular weight excluding hydrogens is 619 g/mol. The van der Waals surface area contributed by atoms with Gasteiger partial charge >= 0.3 is 18.1 Å². The summed E-state index contributed by atoms with van der Waals surface area (Å²) < 4.78 is 66.6. The molecule has 1 unspecified atom stereocenters. The number of aliphatic hydroxyl groups excluding tert-OH is 3. The van der Waals surface area contributed by atoms with Crippen LogP contribution in [-0.2, 0) is 42.1 Å². The van der Waals surface area contributed by atoms with E-state index in [1.165, 1.54) is 48.3 Å². The lowest BCUT2D eigenvalue weighted by atomic mass is 9.89. The monoisotopic (exact) mass is 645 g/mol. The molecule has 2 heterocycles. The number of nitrogens with zero attached hydrogens (tertiary/aromatic N) is 3. The Morgan fingerprint density at radius 2 is 1.70 bits per heavy atom. The number of carboxylic acids is 1. The van der Waals surface area contributed by atoms with Crippen molar-refractivity contribution >= 4 is 23.5 Å². The zero-order valence-electron chi connectivity index (χ0n) is 22.8. The number of ether oxygens (including phenoxy) is 4. The number of aliphatic carboxylic acids is 1. The highest BCUT2D eigenvalue weighted by Crippen LogP contribution is 2.43. The quantitative estimate of drug-likeness (QED) is 0.177. The Kier molecular flexibility index (Phi) is 10.1. The van der Waals surface area contributed by atoms with Gasteiger partial charge in [0.05, 0.1) is 12.1 Å². The van der Waals surface area contributed by atoms with E-state index < -0.39 is 85.1 Å². The molecule has 4 rings (SSSR count). The van der Waals surface area contributed by atoms with Crippen molar-refractivity contribution in [1.82, 2.24) is 14.8 Å². The van der Waals surface area contributed by atoms with E-state index in [9.17, 15) is 38.1 Å². The first-order valence-corrected chi connectivity index (χ1v) is 13.3. The molecule has 1 aliphatic heterocycles. The maximum absolute atomic E-state index is 14.5. The van der Waals surface area contributed by atoms with Gasteiger partial charge < -0.3 is 39.4 Å². The van der Waals surface area contributed by atoms with Gasteiger partial charge in [-0.05, 0) is 48.9 Å². The summed E-state index contributed by atoms with van der Waals surface area (Å²) in [6.45, 7) is 0.0899. The first-order valence-electron chi connectivity index (χ1n) is 12.9. The van der Waals surface area contributed by atoms with Gasteiger partial charge in [-0.1, -0.05) is 17.7 Å². The molecule has 1 saturated heterocycles. The number of esters is 1. The smallest absolute Gasteiger partial charge is 0.416 e. The highest BCUT2D eigenvalue weighted by Gasteiger charge is 2.49. The van der Waals surface area contributed by atoms with Crippen LogP contribution in [0, 0.1) is 0 Å². The minimum Gasteiger partial charge on any atom is -0.481 e. The molecule has 0 bridgehead atoms. The first kappa shape index (κ1) is 33.1. The molecule has 1 aromatic heterocycles. The van der Waals surface area contributed by atoms with Crippen molar-refractivity contribution in [2.75, 3.05) is 6.61 Å². The van der Waals surface area contributed by atoms with Gasteiger partial charge in [-0.3, -0.25) is 9.59 Å². The fourth-order valence-corrected chi connectivity index (χ4v) is 4.61. The molecule has 0 spiro atoms. The number of benzene rings is 2. The summed E-state index contributed by atoms with van der Waals surface area (Å²) in [5.74, 6) is -2.61. The highest BCUT2D eigenvalue weighted by molar-refractivity contribution is 6.30. The Morgan fingerprint density at radius 3 is 2.32 bits per heavy atom. The minimum absolute atomic E-state index is 0.165. The van der Waals surface area contributed by atoms with Crippen molar-refractivity contribution < 1.29 is 62.1 Å². The second-order valence-electron chi connectivity index (χ2n) is 9.97. The van der Waals surface area contributed by atoms with E-state index in [1.807, 2.05) is 0 Å². The van der Waals surface area contributed by atoms with Crippen molar-refractivity contribution in [2.45, 2.75) is 62.4 Å². The lowest BCUT2D eigenvalue weighted by molar-refractivity contribution is -0.329. The van der Waals surface area contributed by atoms with Crippen molar-refractivity contribution in [3.63, 3.8) is 0 Å². The fourth-order valence-electron chi connectivity index (χ4n) is 4.49. The maximum Gasteiger partial charge on any atom is 0.416 e. The Bertz CT molecular complexity index is 1440. The molecule has 238 valence electrons. The number of hydrogen-bond acceptors (Lipinski definition) is 11. The molecular formula is C27H27ClF3N3O10. The number of halogens is 4. The summed E-state index contributed by atoms with van der Waals surface area (Å²) in [6.07, 6.45) is -12.8. The van der Waals surface area contributed by atoms with Crippen LogP contribution in [0.5, 0.6) is 11.5 Å². The average molecular weight is 646 g/mol. The van der Waals surface area contributed by atoms with Gasteiger partial charge in [-0.25, -0.2) is 9.67 Å². The fraction of sp³-hybridized carbons (Fsp3) is 0.407.